The molecule has 90 valence electrons. The molecule has 1 atom stereocenters. The predicted molar refractivity (Wildman–Crippen MR) is 57.0 cm³/mol. The summed E-state index contributed by atoms with van der Waals surface area (Å²) < 4.78 is 5.13. The zero-order chi connectivity index (χ0) is 12.3. The fraction of sp³-hybridized carbons (Fsp3) is 0.333. The van der Waals surface area contributed by atoms with E-state index in [0.717, 1.165) is 0 Å². The highest BCUT2D eigenvalue weighted by Crippen LogP contribution is 2.13. The second-order valence-electron chi connectivity index (χ2n) is 3.55. The Kier molecular flexibility index (Phi) is 3.15. The number of amides is 1. The third-order valence-electron chi connectivity index (χ3n) is 2.22. The number of carbonyl (C=O) groups is 1. The molecule has 8 nitrogen and oxygen atoms in total. The number of hydrogen-bond donors (Lipinski definition) is 2. The van der Waals surface area contributed by atoms with E-state index in [9.17, 15) is 4.79 Å². The number of nitrogens with one attached hydrogen (secondary N) is 1. The van der Waals surface area contributed by atoms with Gasteiger partial charge in [0, 0.05) is 0 Å². The summed E-state index contributed by atoms with van der Waals surface area (Å²) in [5, 5.41) is 11.7. The largest absolute Gasteiger partial charge is 0.461 e. The van der Waals surface area contributed by atoms with Crippen molar-refractivity contribution in [2.45, 2.75) is 13.5 Å². The van der Waals surface area contributed by atoms with Crippen molar-refractivity contribution in [2.24, 2.45) is 11.8 Å². The van der Waals surface area contributed by atoms with Crippen LogP contribution in [-0.2, 0) is 11.3 Å². The number of carbonyl (C=O) groups excluding carboxylic acids is 1. The maximum Gasteiger partial charge on any atom is 0.240 e. The van der Waals surface area contributed by atoms with Gasteiger partial charge in [-0.2, -0.15) is 4.80 Å². The Labute approximate surface area is 96.7 Å². The zero-order valence-corrected chi connectivity index (χ0v) is 9.20. The van der Waals surface area contributed by atoms with Gasteiger partial charge in [0.1, 0.15) is 0 Å². The van der Waals surface area contributed by atoms with E-state index in [1.54, 1.807) is 19.1 Å². The normalized spacial score (nSPS) is 12.4. The van der Waals surface area contributed by atoms with E-state index in [2.05, 4.69) is 20.8 Å². The summed E-state index contributed by atoms with van der Waals surface area (Å²) in [7, 11) is 0. The quantitative estimate of drug-likeness (QED) is 0.423. The van der Waals surface area contributed by atoms with Crippen LogP contribution in [0.4, 0.5) is 0 Å². The Morgan fingerprint density at radius 2 is 2.53 bits per heavy atom. The van der Waals surface area contributed by atoms with Crippen LogP contribution in [0.25, 0.3) is 11.6 Å². The summed E-state index contributed by atoms with van der Waals surface area (Å²) in [6, 6.07) is 3.47. The summed E-state index contributed by atoms with van der Waals surface area (Å²) >= 11 is 0. The van der Waals surface area contributed by atoms with Crippen molar-refractivity contribution >= 4 is 5.91 Å². The molecule has 0 bridgehead atoms. The van der Waals surface area contributed by atoms with Gasteiger partial charge in [-0.15, -0.1) is 10.2 Å². The molecular formula is C9H12N6O2. The molecule has 1 unspecified atom stereocenters. The van der Waals surface area contributed by atoms with Crippen LogP contribution in [0.3, 0.4) is 0 Å². The van der Waals surface area contributed by atoms with Crippen molar-refractivity contribution < 1.29 is 9.21 Å². The SMILES string of the molecule is CC(Cn1nnc(-c2ccco2)n1)C(=O)NN. The van der Waals surface area contributed by atoms with Gasteiger partial charge in [0.05, 0.1) is 18.7 Å². The third-order valence-corrected chi connectivity index (χ3v) is 2.22. The van der Waals surface area contributed by atoms with Crippen LogP contribution in [-0.4, -0.2) is 26.1 Å². The van der Waals surface area contributed by atoms with Crippen LogP contribution in [0.2, 0.25) is 0 Å². The molecule has 0 spiro atoms. The Morgan fingerprint density at radius 3 is 3.18 bits per heavy atom. The van der Waals surface area contributed by atoms with Crippen molar-refractivity contribution in [1.29, 1.82) is 0 Å². The number of furan rings is 1. The summed E-state index contributed by atoms with van der Waals surface area (Å²) in [6.07, 6.45) is 1.53. The van der Waals surface area contributed by atoms with Gasteiger partial charge in [-0.3, -0.25) is 10.2 Å². The zero-order valence-electron chi connectivity index (χ0n) is 9.20. The molecule has 0 aromatic carbocycles. The van der Waals surface area contributed by atoms with E-state index in [1.165, 1.54) is 11.1 Å². The second-order valence-corrected chi connectivity index (χ2v) is 3.55. The topological polar surface area (TPSA) is 112 Å². The number of hydrogen-bond acceptors (Lipinski definition) is 6. The number of tetrazole rings is 1. The Balaban J connectivity index is 2.06. The first-order valence-corrected chi connectivity index (χ1v) is 5.03. The Hall–Kier alpha value is -2.22. The molecule has 0 aliphatic heterocycles. The first-order valence-electron chi connectivity index (χ1n) is 5.03. The van der Waals surface area contributed by atoms with Crippen LogP contribution < -0.4 is 11.3 Å². The summed E-state index contributed by atoms with van der Waals surface area (Å²) in [4.78, 5) is 12.5. The molecule has 1 amide bonds. The van der Waals surface area contributed by atoms with E-state index >= 15 is 0 Å². The van der Waals surface area contributed by atoms with E-state index in [0.29, 0.717) is 18.1 Å². The number of nitrogens with zero attached hydrogens (tertiary/aromatic N) is 4. The molecule has 17 heavy (non-hydrogen) atoms. The van der Waals surface area contributed by atoms with Crippen LogP contribution in [0, 0.1) is 5.92 Å². The van der Waals surface area contributed by atoms with Crippen molar-refractivity contribution in [3.05, 3.63) is 18.4 Å². The standard InChI is InChI=1S/C9H12N6O2/c1-6(9(16)11-10)5-15-13-8(12-14-15)7-3-2-4-17-7/h2-4,6H,5,10H2,1H3,(H,11,16). The van der Waals surface area contributed by atoms with Crippen molar-refractivity contribution in [3.63, 3.8) is 0 Å². The lowest BCUT2D eigenvalue weighted by Gasteiger charge is -2.07. The van der Waals surface area contributed by atoms with Gasteiger partial charge in [-0.25, -0.2) is 5.84 Å². The van der Waals surface area contributed by atoms with Crippen molar-refractivity contribution in [2.75, 3.05) is 0 Å². The van der Waals surface area contributed by atoms with E-state index in [-0.39, 0.29) is 11.8 Å². The number of aromatic nitrogens is 4. The van der Waals surface area contributed by atoms with Crippen LogP contribution in [0.1, 0.15) is 6.92 Å². The molecule has 2 rings (SSSR count). The number of nitrogens with two attached hydrogens (primary N) is 1. The van der Waals surface area contributed by atoms with Gasteiger partial charge in [-0.1, -0.05) is 6.92 Å². The average Bonchev–Trinajstić information content (AvgIpc) is 2.97. The molecule has 0 radical (unpaired) electrons. The van der Waals surface area contributed by atoms with Gasteiger partial charge >= 0.3 is 0 Å². The van der Waals surface area contributed by atoms with Crippen LogP contribution in [0.15, 0.2) is 22.8 Å². The molecule has 8 heteroatoms. The first-order chi connectivity index (χ1) is 8.20. The minimum absolute atomic E-state index is 0.276. The van der Waals surface area contributed by atoms with Gasteiger partial charge < -0.3 is 4.42 Å². The molecule has 0 saturated carbocycles. The van der Waals surface area contributed by atoms with E-state index < -0.39 is 0 Å². The minimum Gasteiger partial charge on any atom is -0.461 e. The number of hydrazine groups is 1. The maximum absolute atomic E-state index is 11.2. The van der Waals surface area contributed by atoms with Crippen LogP contribution >= 0.6 is 0 Å². The molecule has 0 saturated heterocycles. The molecular weight excluding hydrogens is 224 g/mol. The lowest BCUT2D eigenvalue weighted by Crippen LogP contribution is -2.36. The fourth-order valence-corrected chi connectivity index (χ4v) is 1.30. The van der Waals surface area contributed by atoms with Gasteiger partial charge in [0.15, 0.2) is 5.76 Å². The fourth-order valence-electron chi connectivity index (χ4n) is 1.30. The summed E-state index contributed by atoms with van der Waals surface area (Å²) in [5.74, 6) is 5.34. The molecule has 0 fully saturated rings. The molecule has 0 aliphatic rings. The Bertz CT molecular complexity index is 491. The second kappa shape index (κ2) is 4.74. The average molecular weight is 236 g/mol. The highest BCUT2D eigenvalue weighted by atomic mass is 16.3. The van der Waals surface area contributed by atoms with Gasteiger partial charge in [0.2, 0.25) is 11.7 Å². The predicted octanol–water partition coefficient (Wildman–Crippen LogP) is -0.441. The lowest BCUT2D eigenvalue weighted by atomic mass is 10.2. The summed E-state index contributed by atoms with van der Waals surface area (Å²) in [5.41, 5.74) is 2.07. The van der Waals surface area contributed by atoms with E-state index in [4.69, 9.17) is 10.3 Å². The highest BCUT2D eigenvalue weighted by Gasteiger charge is 2.15. The molecule has 2 heterocycles. The molecule has 3 N–H and O–H groups in total. The monoisotopic (exact) mass is 236 g/mol. The van der Waals surface area contributed by atoms with Gasteiger partial charge in [-0.05, 0) is 17.3 Å². The first kappa shape index (κ1) is 11.3. The maximum atomic E-state index is 11.2. The Morgan fingerprint density at radius 1 is 1.71 bits per heavy atom. The number of rotatable bonds is 4. The molecule has 0 aliphatic carbocycles. The lowest BCUT2D eigenvalue weighted by molar-refractivity contribution is -0.125. The van der Waals surface area contributed by atoms with E-state index in [1.807, 2.05) is 0 Å². The van der Waals surface area contributed by atoms with Crippen LogP contribution in [0.5, 0.6) is 0 Å². The van der Waals surface area contributed by atoms with Crippen molar-refractivity contribution in [1.82, 2.24) is 25.6 Å². The third kappa shape index (κ3) is 2.48. The minimum atomic E-state index is -0.335. The highest BCUT2D eigenvalue weighted by molar-refractivity contribution is 5.77. The molecule has 2 aromatic heterocycles. The smallest absolute Gasteiger partial charge is 0.240 e. The van der Waals surface area contributed by atoms with Crippen molar-refractivity contribution in [3.8, 4) is 11.6 Å². The van der Waals surface area contributed by atoms with Gasteiger partial charge in [0.25, 0.3) is 0 Å². The summed E-state index contributed by atoms with van der Waals surface area (Å²) in [6.45, 7) is 2.02. The molecule has 2 aromatic rings.